The van der Waals surface area contributed by atoms with Crippen LogP contribution >= 0.6 is 11.6 Å². The standard InChI is InChI=1S/C13H18ClNO3/c1-3-18-8-7-13(16)15-12-6-4-5-11(14)10(12)9-17-2/h4-6H,3,7-9H2,1-2H3,(H,15,16). The summed E-state index contributed by atoms with van der Waals surface area (Å²) in [6.07, 6.45) is 0.326. The molecule has 1 aromatic rings. The SMILES string of the molecule is CCOCCC(=O)Nc1cccc(Cl)c1COC. The van der Waals surface area contributed by atoms with Crippen molar-refractivity contribution in [2.24, 2.45) is 0 Å². The lowest BCUT2D eigenvalue weighted by Gasteiger charge is -2.12. The van der Waals surface area contributed by atoms with Gasteiger partial charge in [-0.15, -0.1) is 0 Å². The van der Waals surface area contributed by atoms with E-state index in [4.69, 9.17) is 21.1 Å². The minimum absolute atomic E-state index is 0.0944. The lowest BCUT2D eigenvalue weighted by molar-refractivity contribution is -0.117. The zero-order chi connectivity index (χ0) is 13.4. The maximum absolute atomic E-state index is 11.7. The minimum Gasteiger partial charge on any atom is -0.381 e. The van der Waals surface area contributed by atoms with Crippen molar-refractivity contribution in [3.8, 4) is 0 Å². The first kappa shape index (κ1) is 15.0. The van der Waals surface area contributed by atoms with E-state index in [9.17, 15) is 4.79 Å². The van der Waals surface area contributed by atoms with Crippen molar-refractivity contribution < 1.29 is 14.3 Å². The third kappa shape index (κ3) is 4.64. The number of hydrogen-bond acceptors (Lipinski definition) is 3. The van der Waals surface area contributed by atoms with Gasteiger partial charge in [-0.05, 0) is 19.1 Å². The number of amides is 1. The fourth-order valence-corrected chi connectivity index (χ4v) is 1.72. The number of rotatable bonds is 7. The van der Waals surface area contributed by atoms with Crippen molar-refractivity contribution >= 4 is 23.2 Å². The molecule has 0 aliphatic heterocycles. The first-order chi connectivity index (χ1) is 8.69. The van der Waals surface area contributed by atoms with Gasteiger partial charge in [0.15, 0.2) is 0 Å². The molecule has 0 unspecified atom stereocenters. The Kier molecular flexibility index (Phi) is 6.72. The highest BCUT2D eigenvalue weighted by molar-refractivity contribution is 6.31. The summed E-state index contributed by atoms with van der Waals surface area (Å²) in [6.45, 7) is 3.29. The predicted octanol–water partition coefficient (Wildman–Crippen LogP) is 2.85. The molecule has 0 heterocycles. The molecular weight excluding hydrogens is 254 g/mol. The highest BCUT2D eigenvalue weighted by Gasteiger charge is 2.09. The van der Waals surface area contributed by atoms with Crippen LogP contribution in [0, 0.1) is 0 Å². The van der Waals surface area contributed by atoms with E-state index in [2.05, 4.69) is 5.32 Å². The third-order valence-corrected chi connectivity index (χ3v) is 2.71. The van der Waals surface area contributed by atoms with Crippen LogP contribution in [0.4, 0.5) is 5.69 Å². The molecule has 4 nitrogen and oxygen atoms in total. The second-order valence-corrected chi connectivity index (χ2v) is 4.10. The summed E-state index contributed by atoms with van der Waals surface area (Å²) in [5.74, 6) is -0.0944. The van der Waals surface area contributed by atoms with Crippen LogP contribution in [-0.2, 0) is 20.9 Å². The van der Waals surface area contributed by atoms with Gasteiger partial charge in [-0.3, -0.25) is 4.79 Å². The Morgan fingerprint density at radius 3 is 2.89 bits per heavy atom. The number of hydrogen-bond donors (Lipinski definition) is 1. The predicted molar refractivity (Wildman–Crippen MR) is 71.9 cm³/mol. The van der Waals surface area contributed by atoms with Gasteiger partial charge in [-0.25, -0.2) is 0 Å². The smallest absolute Gasteiger partial charge is 0.226 e. The molecule has 100 valence electrons. The summed E-state index contributed by atoms with van der Waals surface area (Å²) in [6, 6.07) is 5.37. The molecule has 1 aromatic carbocycles. The van der Waals surface area contributed by atoms with Crippen LogP contribution in [0.25, 0.3) is 0 Å². The largest absolute Gasteiger partial charge is 0.381 e. The quantitative estimate of drug-likeness (QED) is 0.776. The molecule has 1 rings (SSSR count). The number of ether oxygens (including phenoxy) is 2. The maximum atomic E-state index is 11.7. The zero-order valence-corrected chi connectivity index (χ0v) is 11.4. The number of nitrogens with one attached hydrogen (secondary N) is 1. The molecular formula is C13H18ClNO3. The van der Waals surface area contributed by atoms with Gasteiger partial charge in [0.05, 0.1) is 19.6 Å². The van der Waals surface area contributed by atoms with Crippen LogP contribution in [0.15, 0.2) is 18.2 Å². The van der Waals surface area contributed by atoms with Crippen molar-refractivity contribution in [2.75, 3.05) is 25.6 Å². The summed E-state index contributed by atoms with van der Waals surface area (Å²) in [5, 5.41) is 3.39. The van der Waals surface area contributed by atoms with Crippen molar-refractivity contribution in [2.45, 2.75) is 20.0 Å². The average Bonchev–Trinajstić information content (AvgIpc) is 2.34. The molecule has 0 saturated carbocycles. The lowest BCUT2D eigenvalue weighted by Crippen LogP contribution is -2.15. The van der Waals surface area contributed by atoms with Crippen molar-refractivity contribution in [1.82, 2.24) is 0 Å². The van der Waals surface area contributed by atoms with Crippen LogP contribution in [0.5, 0.6) is 0 Å². The first-order valence-electron chi connectivity index (χ1n) is 5.83. The first-order valence-corrected chi connectivity index (χ1v) is 6.20. The third-order valence-electron chi connectivity index (χ3n) is 2.36. The van der Waals surface area contributed by atoms with Gasteiger partial charge in [-0.2, -0.15) is 0 Å². The average molecular weight is 272 g/mol. The summed E-state index contributed by atoms with van der Waals surface area (Å²) in [7, 11) is 1.59. The molecule has 0 bridgehead atoms. The lowest BCUT2D eigenvalue weighted by atomic mass is 10.2. The summed E-state index contributed by atoms with van der Waals surface area (Å²) in [5.41, 5.74) is 1.47. The van der Waals surface area contributed by atoms with Crippen molar-refractivity contribution in [1.29, 1.82) is 0 Å². The molecule has 0 aliphatic rings. The second-order valence-electron chi connectivity index (χ2n) is 3.69. The number of carbonyl (C=O) groups excluding carboxylic acids is 1. The zero-order valence-electron chi connectivity index (χ0n) is 10.7. The Balaban J connectivity index is 2.65. The number of anilines is 1. The van der Waals surface area contributed by atoms with Gasteiger partial charge >= 0.3 is 0 Å². The van der Waals surface area contributed by atoms with Gasteiger partial charge in [-0.1, -0.05) is 17.7 Å². The fraction of sp³-hybridized carbons (Fsp3) is 0.462. The van der Waals surface area contributed by atoms with E-state index in [0.717, 1.165) is 5.56 Å². The molecule has 0 spiro atoms. The number of methoxy groups -OCH3 is 1. The van der Waals surface area contributed by atoms with E-state index in [1.54, 1.807) is 25.3 Å². The van der Waals surface area contributed by atoms with Gasteiger partial charge in [0.25, 0.3) is 0 Å². The normalized spacial score (nSPS) is 10.4. The van der Waals surface area contributed by atoms with Crippen LogP contribution in [0.1, 0.15) is 18.9 Å². The minimum atomic E-state index is -0.0944. The fourth-order valence-electron chi connectivity index (χ4n) is 1.49. The second kappa shape index (κ2) is 8.08. The monoisotopic (exact) mass is 271 g/mol. The molecule has 1 amide bonds. The Hall–Kier alpha value is -1.10. The van der Waals surface area contributed by atoms with Gasteiger partial charge < -0.3 is 14.8 Å². The van der Waals surface area contributed by atoms with E-state index in [0.29, 0.717) is 37.0 Å². The molecule has 0 aliphatic carbocycles. The van der Waals surface area contributed by atoms with Crippen molar-refractivity contribution in [3.05, 3.63) is 28.8 Å². The number of carbonyl (C=O) groups is 1. The number of benzene rings is 1. The Bertz CT molecular complexity index is 396. The van der Waals surface area contributed by atoms with E-state index >= 15 is 0 Å². The molecule has 0 aromatic heterocycles. The Morgan fingerprint density at radius 1 is 1.44 bits per heavy atom. The molecule has 18 heavy (non-hydrogen) atoms. The molecule has 0 radical (unpaired) electrons. The van der Waals surface area contributed by atoms with Crippen molar-refractivity contribution in [3.63, 3.8) is 0 Å². The van der Waals surface area contributed by atoms with Crippen LogP contribution < -0.4 is 5.32 Å². The van der Waals surface area contributed by atoms with Gasteiger partial charge in [0, 0.05) is 30.0 Å². The summed E-state index contributed by atoms with van der Waals surface area (Å²) < 4.78 is 10.2. The maximum Gasteiger partial charge on any atom is 0.226 e. The molecule has 1 N–H and O–H groups in total. The van der Waals surface area contributed by atoms with Gasteiger partial charge in [0.1, 0.15) is 0 Å². The highest BCUT2D eigenvalue weighted by atomic mass is 35.5. The number of halogens is 1. The van der Waals surface area contributed by atoms with Crippen LogP contribution in [-0.4, -0.2) is 26.2 Å². The van der Waals surface area contributed by atoms with E-state index in [1.165, 1.54) is 0 Å². The van der Waals surface area contributed by atoms with Crippen LogP contribution in [0.2, 0.25) is 5.02 Å². The van der Waals surface area contributed by atoms with E-state index in [-0.39, 0.29) is 5.91 Å². The molecule has 0 fully saturated rings. The Labute approximate surface area is 112 Å². The van der Waals surface area contributed by atoms with E-state index < -0.39 is 0 Å². The molecule has 5 heteroatoms. The molecule has 0 saturated heterocycles. The van der Waals surface area contributed by atoms with E-state index in [1.807, 2.05) is 6.92 Å². The highest BCUT2D eigenvalue weighted by Crippen LogP contribution is 2.25. The van der Waals surface area contributed by atoms with Crippen LogP contribution in [0.3, 0.4) is 0 Å². The summed E-state index contributed by atoms with van der Waals surface area (Å²) >= 11 is 6.06. The topological polar surface area (TPSA) is 47.6 Å². The van der Waals surface area contributed by atoms with Gasteiger partial charge in [0.2, 0.25) is 5.91 Å². The summed E-state index contributed by atoms with van der Waals surface area (Å²) in [4.78, 5) is 11.7. The Morgan fingerprint density at radius 2 is 2.22 bits per heavy atom. The molecule has 0 atom stereocenters.